The van der Waals surface area contributed by atoms with E-state index in [0.717, 1.165) is 34.1 Å². The summed E-state index contributed by atoms with van der Waals surface area (Å²) in [7, 11) is 1.61. The summed E-state index contributed by atoms with van der Waals surface area (Å²) in [4.78, 5) is 13.0. The number of carbonyl (C=O) groups excluding carboxylic acids is 1. The van der Waals surface area contributed by atoms with Gasteiger partial charge in [-0.1, -0.05) is 11.8 Å². The number of Topliss-reactive ketones (excluding diaryl/α,β-unsaturated/α-hetero) is 1. The van der Waals surface area contributed by atoms with Crippen LogP contribution in [0.4, 0.5) is 0 Å². The molecule has 168 valence electrons. The number of hydrogen-bond acceptors (Lipinski definition) is 8. The molecule has 33 heavy (non-hydrogen) atoms. The van der Waals surface area contributed by atoms with E-state index in [2.05, 4.69) is 10.2 Å². The van der Waals surface area contributed by atoms with E-state index in [4.69, 9.17) is 18.6 Å². The lowest BCUT2D eigenvalue weighted by Crippen LogP contribution is -2.05. The fourth-order valence-electron chi connectivity index (χ4n) is 3.79. The summed E-state index contributed by atoms with van der Waals surface area (Å²) in [5, 5.41) is 8.49. The number of benzene rings is 2. The number of rotatable bonds is 7. The number of thioether (sulfide) groups is 1. The van der Waals surface area contributed by atoms with E-state index in [1.165, 1.54) is 11.8 Å². The second-order valence-electron chi connectivity index (χ2n) is 7.47. The predicted octanol–water partition coefficient (Wildman–Crippen LogP) is 4.86. The van der Waals surface area contributed by atoms with Crippen LogP contribution >= 0.6 is 11.8 Å². The molecule has 0 N–H and O–H groups in total. The third-order valence-corrected chi connectivity index (χ3v) is 6.23. The normalized spacial score (nSPS) is 12.2. The van der Waals surface area contributed by atoms with Crippen LogP contribution in [0.2, 0.25) is 0 Å². The molecular formula is C24H21N3O5S. The number of fused-ring (bicyclic) bond motifs is 1. The van der Waals surface area contributed by atoms with Gasteiger partial charge >= 0.3 is 0 Å². The maximum atomic E-state index is 13.0. The van der Waals surface area contributed by atoms with E-state index in [9.17, 15) is 4.79 Å². The first-order chi connectivity index (χ1) is 16.0. The van der Waals surface area contributed by atoms with Gasteiger partial charge in [0.1, 0.15) is 5.75 Å². The highest BCUT2D eigenvalue weighted by Crippen LogP contribution is 2.35. The minimum Gasteiger partial charge on any atom is -0.497 e. The lowest BCUT2D eigenvalue weighted by Gasteiger charge is -2.10. The van der Waals surface area contributed by atoms with Crippen molar-refractivity contribution in [3.63, 3.8) is 0 Å². The number of ether oxygens (including phenoxy) is 3. The number of methoxy groups -OCH3 is 1. The molecule has 0 bridgehead atoms. The molecule has 3 heterocycles. The Bertz CT molecular complexity index is 1330. The Morgan fingerprint density at radius 3 is 2.64 bits per heavy atom. The molecule has 0 unspecified atom stereocenters. The van der Waals surface area contributed by atoms with Gasteiger partial charge in [-0.3, -0.25) is 4.79 Å². The summed E-state index contributed by atoms with van der Waals surface area (Å²) in [6, 6.07) is 15.0. The van der Waals surface area contributed by atoms with Crippen molar-refractivity contribution in [2.75, 3.05) is 19.7 Å². The Hall–Kier alpha value is -3.72. The summed E-state index contributed by atoms with van der Waals surface area (Å²) in [6.45, 7) is 4.13. The predicted molar refractivity (Wildman–Crippen MR) is 123 cm³/mol. The molecule has 0 amide bonds. The molecule has 0 aliphatic carbocycles. The summed E-state index contributed by atoms with van der Waals surface area (Å²) < 4.78 is 23.8. The number of aromatic nitrogens is 3. The number of ketones is 1. The largest absolute Gasteiger partial charge is 0.497 e. The molecule has 2 aromatic carbocycles. The third-order valence-electron chi connectivity index (χ3n) is 5.42. The highest BCUT2D eigenvalue weighted by Gasteiger charge is 2.20. The lowest BCUT2D eigenvalue weighted by atomic mass is 10.2. The zero-order valence-corrected chi connectivity index (χ0v) is 19.1. The maximum absolute atomic E-state index is 13.0. The topological polar surface area (TPSA) is 88.6 Å². The van der Waals surface area contributed by atoms with Gasteiger partial charge in [-0.25, -0.2) is 0 Å². The van der Waals surface area contributed by atoms with Crippen LogP contribution in [-0.2, 0) is 0 Å². The number of nitrogens with zero attached hydrogens (tertiary/aromatic N) is 3. The molecule has 9 heteroatoms. The molecule has 0 atom stereocenters. The molecule has 0 spiro atoms. The molecule has 0 saturated heterocycles. The van der Waals surface area contributed by atoms with Crippen LogP contribution in [-0.4, -0.2) is 40.2 Å². The van der Waals surface area contributed by atoms with Gasteiger partial charge in [0.15, 0.2) is 17.3 Å². The molecule has 2 aromatic heterocycles. The van der Waals surface area contributed by atoms with Crippen molar-refractivity contribution in [2.45, 2.75) is 19.1 Å². The molecule has 5 rings (SSSR count). The van der Waals surface area contributed by atoms with Gasteiger partial charge in [0, 0.05) is 34.3 Å². The van der Waals surface area contributed by atoms with Gasteiger partial charge in [-0.15, -0.1) is 10.2 Å². The number of carbonyl (C=O) groups is 1. The minimum atomic E-state index is -0.00992. The lowest BCUT2D eigenvalue weighted by molar-refractivity contribution is 0.102. The summed E-state index contributed by atoms with van der Waals surface area (Å²) in [5.41, 5.74) is 4.18. The molecular weight excluding hydrogens is 442 g/mol. The summed E-state index contributed by atoms with van der Waals surface area (Å²) in [5.74, 6) is 2.75. The smallest absolute Gasteiger partial charge is 0.277 e. The van der Waals surface area contributed by atoms with Crippen molar-refractivity contribution in [3.05, 3.63) is 65.5 Å². The van der Waals surface area contributed by atoms with Crippen molar-refractivity contribution in [2.24, 2.45) is 0 Å². The van der Waals surface area contributed by atoms with Crippen LogP contribution in [0.25, 0.3) is 17.1 Å². The molecule has 8 nitrogen and oxygen atoms in total. The van der Waals surface area contributed by atoms with Crippen LogP contribution in [0.1, 0.15) is 21.7 Å². The monoisotopic (exact) mass is 463 g/mol. The van der Waals surface area contributed by atoms with Gasteiger partial charge in [-0.2, -0.15) is 0 Å². The first-order valence-electron chi connectivity index (χ1n) is 10.3. The first kappa shape index (κ1) is 21.1. The molecule has 1 aliphatic heterocycles. The number of hydrogen-bond donors (Lipinski definition) is 0. The number of aryl methyl sites for hydroxylation is 1. The van der Waals surface area contributed by atoms with E-state index >= 15 is 0 Å². The molecule has 1 aliphatic rings. The fourth-order valence-corrected chi connectivity index (χ4v) is 4.44. The Balaban J connectivity index is 1.30. The molecule has 4 aromatic rings. The summed E-state index contributed by atoms with van der Waals surface area (Å²) in [6.07, 6.45) is 0. The fraction of sp³-hybridized carbons (Fsp3) is 0.208. The first-order valence-corrected chi connectivity index (χ1v) is 11.2. The van der Waals surface area contributed by atoms with E-state index in [1.54, 1.807) is 7.11 Å². The average Bonchev–Trinajstić information content (AvgIpc) is 3.56. The third kappa shape index (κ3) is 4.07. The summed E-state index contributed by atoms with van der Waals surface area (Å²) >= 11 is 1.22. The molecule has 0 saturated carbocycles. The van der Waals surface area contributed by atoms with E-state index < -0.39 is 0 Å². The molecule has 0 fully saturated rings. The van der Waals surface area contributed by atoms with Crippen LogP contribution in [0.15, 0.2) is 58.2 Å². The Kier molecular flexibility index (Phi) is 5.55. The average molecular weight is 464 g/mol. The van der Waals surface area contributed by atoms with E-state index in [1.807, 2.05) is 66.9 Å². The Labute approximate surface area is 194 Å². The van der Waals surface area contributed by atoms with Crippen molar-refractivity contribution in [1.29, 1.82) is 0 Å². The van der Waals surface area contributed by atoms with Crippen LogP contribution in [0.3, 0.4) is 0 Å². The zero-order valence-electron chi connectivity index (χ0n) is 18.3. The Morgan fingerprint density at radius 1 is 1.06 bits per heavy atom. The SMILES string of the molecule is COc1ccc(-c2nnc(SCC(=O)c3cc(C)n(-c4ccc5c(c4)OCO5)c3C)o2)cc1. The van der Waals surface area contributed by atoms with Crippen LogP contribution in [0.5, 0.6) is 17.2 Å². The zero-order chi connectivity index (χ0) is 22.9. The van der Waals surface area contributed by atoms with Crippen molar-refractivity contribution in [1.82, 2.24) is 14.8 Å². The molecule has 0 radical (unpaired) electrons. The van der Waals surface area contributed by atoms with Crippen molar-refractivity contribution >= 4 is 17.5 Å². The van der Waals surface area contributed by atoms with Gasteiger partial charge in [0.05, 0.1) is 12.9 Å². The van der Waals surface area contributed by atoms with Crippen LogP contribution in [0, 0.1) is 13.8 Å². The second-order valence-corrected chi connectivity index (χ2v) is 8.40. The van der Waals surface area contributed by atoms with Crippen molar-refractivity contribution < 1.29 is 23.4 Å². The van der Waals surface area contributed by atoms with E-state index in [-0.39, 0.29) is 18.3 Å². The highest BCUT2D eigenvalue weighted by molar-refractivity contribution is 7.99. The van der Waals surface area contributed by atoms with Gasteiger partial charge in [0.2, 0.25) is 12.7 Å². The minimum absolute atomic E-state index is 0.00992. The van der Waals surface area contributed by atoms with Crippen LogP contribution < -0.4 is 14.2 Å². The van der Waals surface area contributed by atoms with Crippen molar-refractivity contribution in [3.8, 4) is 34.4 Å². The van der Waals surface area contributed by atoms with Gasteiger partial charge < -0.3 is 23.2 Å². The van der Waals surface area contributed by atoms with Gasteiger partial charge in [-0.05, 0) is 56.3 Å². The highest BCUT2D eigenvalue weighted by atomic mass is 32.2. The quantitative estimate of drug-likeness (QED) is 0.284. The Morgan fingerprint density at radius 2 is 1.85 bits per heavy atom. The second kappa shape index (κ2) is 8.67. The standard InChI is InChI=1S/C24H21N3O5S/c1-14-10-19(15(2)27(14)17-6-9-21-22(11-17)31-13-30-21)20(28)12-33-24-26-25-23(32-24)16-4-7-18(29-3)8-5-16/h4-11H,12-13H2,1-3H3. The van der Waals surface area contributed by atoms with E-state index in [0.29, 0.717) is 22.4 Å². The van der Waals surface area contributed by atoms with Gasteiger partial charge in [0.25, 0.3) is 5.22 Å². The maximum Gasteiger partial charge on any atom is 0.277 e.